The molecular formula is C28H54. The van der Waals surface area contributed by atoms with E-state index in [4.69, 9.17) is 0 Å². The van der Waals surface area contributed by atoms with E-state index in [9.17, 15) is 0 Å². The van der Waals surface area contributed by atoms with Gasteiger partial charge in [0, 0.05) is 0 Å². The summed E-state index contributed by atoms with van der Waals surface area (Å²) in [6, 6.07) is 0. The van der Waals surface area contributed by atoms with Crippen molar-refractivity contribution >= 4 is 0 Å². The molecule has 0 aliphatic heterocycles. The highest BCUT2D eigenvalue weighted by atomic mass is 14.3. The Bertz CT molecular complexity index is 279. The fourth-order valence-corrected chi connectivity index (χ4v) is 6.18. The summed E-state index contributed by atoms with van der Waals surface area (Å²) >= 11 is 0. The first-order valence-electron chi connectivity index (χ1n) is 13.6. The van der Waals surface area contributed by atoms with E-state index in [1.54, 1.807) is 0 Å². The Kier molecular flexibility index (Phi) is 12.2. The third-order valence-corrected chi connectivity index (χ3v) is 8.43. The van der Waals surface area contributed by atoms with E-state index in [0.717, 1.165) is 0 Å². The van der Waals surface area contributed by atoms with Gasteiger partial charge in [-0.05, 0) is 49.4 Å². The van der Waals surface area contributed by atoms with Crippen molar-refractivity contribution in [2.75, 3.05) is 0 Å². The summed E-state index contributed by atoms with van der Waals surface area (Å²) in [6.45, 7) is 5.29. The van der Waals surface area contributed by atoms with Crippen molar-refractivity contribution in [1.29, 1.82) is 0 Å². The molecule has 0 radical (unpaired) electrons. The molecule has 0 spiro atoms. The Balaban J connectivity index is 1.99. The highest BCUT2D eigenvalue weighted by molar-refractivity contribution is 4.77. The molecule has 0 aromatic heterocycles. The third-order valence-electron chi connectivity index (χ3n) is 8.43. The molecular weight excluding hydrogens is 336 g/mol. The van der Waals surface area contributed by atoms with Gasteiger partial charge in [-0.1, -0.05) is 129 Å². The van der Waals surface area contributed by atoms with Crippen molar-refractivity contribution in [2.45, 2.75) is 168 Å². The molecule has 0 saturated heterocycles. The highest BCUT2D eigenvalue weighted by Gasteiger charge is 2.24. The molecule has 0 heterocycles. The van der Waals surface area contributed by atoms with Crippen LogP contribution in [0.3, 0.4) is 0 Å². The molecule has 166 valence electrons. The monoisotopic (exact) mass is 390 g/mol. The molecule has 3 saturated carbocycles. The molecule has 0 nitrogen and oxygen atoms in total. The van der Waals surface area contributed by atoms with Crippen molar-refractivity contribution in [1.82, 2.24) is 0 Å². The molecule has 0 N–H and O–H groups in total. The Labute approximate surface area is 179 Å². The van der Waals surface area contributed by atoms with Crippen LogP contribution in [0, 0.1) is 10.8 Å². The van der Waals surface area contributed by atoms with Crippen LogP contribution in [0.15, 0.2) is 0 Å². The molecule has 0 aromatic rings. The van der Waals surface area contributed by atoms with Crippen molar-refractivity contribution in [2.24, 2.45) is 10.8 Å². The minimum Gasteiger partial charge on any atom is -0.0596 e. The van der Waals surface area contributed by atoms with Crippen molar-refractivity contribution in [3.63, 3.8) is 0 Å². The summed E-state index contributed by atoms with van der Waals surface area (Å²) in [7, 11) is 0. The molecule has 28 heavy (non-hydrogen) atoms. The first-order chi connectivity index (χ1) is 13.6. The van der Waals surface area contributed by atoms with Crippen molar-refractivity contribution in [3.05, 3.63) is 0 Å². The van der Waals surface area contributed by atoms with Crippen LogP contribution in [-0.2, 0) is 0 Å². The van der Waals surface area contributed by atoms with Gasteiger partial charge < -0.3 is 0 Å². The van der Waals surface area contributed by atoms with Gasteiger partial charge in [0.25, 0.3) is 0 Å². The molecule has 2 bridgehead atoms. The standard InChI is InChI=1S/C28H54/c1-27-21-15-9-3-6-12-18-24-28(2,25-19-13-7-4-10-16-22-27)26-20-14-8-5-11-17-23-27/h3-26H2,1-2H3. The lowest BCUT2D eigenvalue weighted by atomic mass is 9.74. The lowest BCUT2D eigenvalue weighted by Gasteiger charge is -2.31. The molecule has 3 aliphatic carbocycles. The smallest absolute Gasteiger partial charge is 0.0326 e. The van der Waals surface area contributed by atoms with Crippen LogP contribution >= 0.6 is 0 Å². The molecule has 3 aliphatic rings. The van der Waals surface area contributed by atoms with E-state index in [2.05, 4.69) is 13.8 Å². The summed E-state index contributed by atoms with van der Waals surface area (Å²) in [5.74, 6) is 0. The second kappa shape index (κ2) is 14.1. The van der Waals surface area contributed by atoms with Crippen molar-refractivity contribution < 1.29 is 0 Å². The number of hydrogen-bond acceptors (Lipinski definition) is 0. The predicted molar refractivity (Wildman–Crippen MR) is 127 cm³/mol. The Morgan fingerprint density at radius 3 is 0.571 bits per heavy atom. The molecule has 0 unspecified atom stereocenters. The Morgan fingerprint density at radius 2 is 0.393 bits per heavy atom. The van der Waals surface area contributed by atoms with Crippen LogP contribution < -0.4 is 0 Å². The normalized spacial score (nSPS) is 34.5. The minimum atomic E-state index is 0.651. The topological polar surface area (TPSA) is 0 Å². The van der Waals surface area contributed by atoms with Gasteiger partial charge >= 0.3 is 0 Å². The summed E-state index contributed by atoms with van der Waals surface area (Å²) in [6.07, 6.45) is 35.9. The Hall–Kier alpha value is 0. The van der Waals surface area contributed by atoms with Crippen molar-refractivity contribution in [3.8, 4) is 0 Å². The van der Waals surface area contributed by atoms with E-state index in [-0.39, 0.29) is 0 Å². The largest absolute Gasteiger partial charge is 0.0596 e. The van der Waals surface area contributed by atoms with Gasteiger partial charge in [0.15, 0.2) is 0 Å². The van der Waals surface area contributed by atoms with E-state index in [1.807, 2.05) is 0 Å². The van der Waals surface area contributed by atoms with Crippen LogP contribution in [0.5, 0.6) is 0 Å². The average Bonchev–Trinajstić information content (AvgIpc) is 2.67. The zero-order valence-electron chi connectivity index (χ0n) is 20.0. The van der Waals surface area contributed by atoms with Crippen LogP contribution in [0.4, 0.5) is 0 Å². The molecule has 0 atom stereocenters. The van der Waals surface area contributed by atoms with Gasteiger partial charge in [0.05, 0.1) is 0 Å². The van der Waals surface area contributed by atoms with E-state index in [1.165, 1.54) is 154 Å². The maximum atomic E-state index is 2.64. The highest BCUT2D eigenvalue weighted by Crippen LogP contribution is 2.39. The fourth-order valence-electron chi connectivity index (χ4n) is 6.18. The number of fused-ring (bicyclic) bond motifs is 21. The molecule has 3 rings (SSSR count). The second-order valence-corrected chi connectivity index (χ2v) is 11.5. The van der Waals surface area contributed by atoms with Gasteiger partial charge in [-0.3, -0.25) is 0 Å². The van der Waals surface area contributed by atoms with Gasteiger partial charge in [-0.15, -0.1) is 0 Å². The lowest BCUT2D eigenvalue weighted by molar-refractivity contribution is 0.212. The number of rotatable bonds is 0. The van der Waals surface area contributed by atoms with Gasteiger partial charge in [0.1, 0.15) is 0 Å². The predicted octanol–water partition coefficient (Wildman–Crippen LogP) is 10.4. The van der Waals surface area contributed by atoms with Crippen LogP contribution in [0.1, 0.15) is 168 Å². The first-order valence-corrected chi connectivity index (χ1v) is 13.6. The summed E-state index contributed by atoms with van der Waals surface area (Å²) < 4.78 is 0. The summed E-state index contributed by atoms with van der Waals surface area (Å²) in [4.78, 5) is 0. The maximum absolute atomic E-state index is 2.64. The summed E-state index contributed by atoms with van der Waals surface area (Å²) in [5, 5.41) is 0. The van der Waals surface area contributed by atoms with Crippen LogP contribution in [-0.4, -0.2) is 0 Å². The van der Waals surface area contributed by atoms with E-state index >= 15 is 0 Å². The van der Waals surface area contributed by atoms with Crippen LogP contribution in [0.25, 0.3) is 0 Å². The van der Waals surface area contributed by atoms with Gasteiger partial charge in [-0.25, -0.2) is 0 Å². The minimum absolute atomic E-state index is 0.651. The molecule has 3 fully saturated rings. The fraction of sp³-hybridized carbons (Fsp3) is 1.00. The molecule has 0 aromatic carbocycles. The number of hydrogen-bond donors (Lipinski definition) is 0. The van der Waals surface area contributed by atoms with Gasteiger partial charge in [-0.2, -0.15) is 0 Å². The SMILES string of the molecule is CC12CCCCCCCCC(C)(CCCCCCCC1)CCCCCCCC2. The zero-order chi connectivity index (χ0) is 20.0. The summed E-state index contributed by atoms with van der Waals surface area (Å²) in [5.41, 5.74) is 1.30. The second-order valence-electron chi connectivity index (χ2n) is 11.5. The lowest BCUT2D eigenvalue weighted by Crippen LogP contribution is -2.17. The zero-order valence-corrected chi connectivity index (χ0v) is 20.0. The van der Waals surface area contributed by atoms with Gasteiger partial charge in [0.2, 0.25) is 0 Å². The molecule has 0 heteroatoms. The van der Waals surface area contributed by atoms with E-state index < -0.39 is 0 Å². The molecule has 0 amide bonds. The average molecular weight is 391 g/mol. The maximum Gasteiger partial charge on any atom is -0.0326 e. The van der Waals surface area contributed by atoms with Crippen LogP contribution in [0.2, 0.25) is 0 Å². The third kappa shape index (κ3) is 10.7. The first kappa shape index (κ1) is 24.3. The van der Waals surface area contributed by atoms with E-state index in [0.29, 0.717) is 10.8 Å². The Morgan fingerprint density at radius 1 is 0.250 bits per heavy atom. The quantitative estimate of drug-likeness (QED) is 0.386.